The third kappa shape index (κ3) is 4.80. The molecule has 2 fully saturated rings. The molecule has 0 bridgehead atoms. The van der Waals surface area contributed by atoms with E-state index in [-0.39, 0.29) is 11.8 Å². The van der Waals surface area contributed by atoms with E-state index in [1.807, 2.05) is 59.4 Å². The summed E-state index contributed by atoms with van der Waals surface area (Å²) in [6.07, 6.45) is 10.3. The molecule has 33 heavy (non-hydrogen) atoms. The van der Waals surface area contributed by atoms with Crippen LogP contribution in [0.5, 0.6) is 0 Å². The summed E-state index contributed by atoms with van der Waals surface area (Å²) in [6.45, 7) is 5.25. The molecule has 172 valence electrons. The number of benzene rings is 1. The van der Waals surface area contributed by atoms with Crippen LogP contribution in [0.1, 0.15) is 47.2 Å². The van der Waals surface area contributed by atoms with E-state index in [0.717, 1.165) is 79.5 Å². The summed E-state index contributed by atoms with van der Waals surface area (Å²) in [6, 6.07) is 9.94. The fourth-order valence-corrected chi connectivity index (χ4v) is 5.57. The summed E-state index contributed by atoms with van der Waals surface area (Å²) >= 11 is 0. The quantitative estimate of drug-likeness (QED) is 0.656. The largest absolute Gasteiger partial charge is 0.361 e. The SMILES string of the molecule is Cc1cncc(CC(=O)N2CCCC(C3CCCN(C(=O)c4ccc5[nH]ccc5c4)C3)C2)c1. The molecule has 6 nitrogen and oxygen atoms in total. The maximum absolute atomic E-state index is 13.2. The molecule has 0 aliphatic carbocycles. The van der Waals surface area contributed by atoms with Crippen molar-refractivity contribution in [2.45, 2.75) is 39.0 Å². The third-order valence-corrected chi connectivity index (χ3v) is 7.31. The van der Waals surface area contributed by atoms with Crippen molar-refractivity contribution in [3.05, 3.63) is 65.6 Å². The van der Waals surface area contributed by atoms with Crippen molar-refractivity contribution in [2.24, 2.45) is 11.8 Å². The summed E-state index contributed by atoms with van der Waals surface area (Å²) in [7, 11) is 0. The van der Waals surface area contributed by atoms with Gasteiger partial charge in [0, 0.05) is 61.2 Å². The Morgan fingerprint density at radius 3 is 2.55 bits per heavy atom. The average molecular weight is 445 g/mol. The zero-order valence-electron chi connectivity index (χ0n) is 19.3. The minimum Gasteiger partial charge on any atom is -0.361 e. The van der Waals surface area contributed by atoms with E-state index in [9.17, 15) is 9.59 Å². The smallest absolute Gasteiger partial charge is 0.253 e. The number of carbonyl (C=O) groups is 2. The Hall–Kier alpha value is -3.15. The lowest BCUT2D eigenvalue weighted by Gasteiger charge is -2.41. The number of aryl methyl sites for hydroxylation is 1. The summed E-state index contributed by atoms with van der Waals surface area (Å²) in [4.78, 5) is 37.7. The number of carbonyl (C=O) groups excluding carboxylic acids is 2. The van der Waals surface area contributed by atoms with Crippen molar-refractivity contribution >= 4 is 22.7 Å². The molecular weight excluding hydrogens is 412 g/mol. The van der Waals surface area contributed by atoms with Gasteiger partial charge in [-0.05, 0) is 79.8 Å². The molecule has 0 spiro atoms. The molecule has 2 aliphatic rings. The molecule has 2 aromatic heterocycles. The van der Waals surface area contributed by atoms with Crippen molar-refractivity contribution in [2.75, 3.05) is 26.2 Å². The number of nitrogens with zero attached hydrogens (tertiary/aromatic N) is 3. The topological polar surface area (TPSA) is 69.3 Å². The number of piperidine rings is 2. The monoisotopic (exact) mass is 444 g/mol. The van der Waals surface area contributed by atoms with Crippen molar-refractivity contribution in [1.82, 2.24) is 19.8 Å². The lowest BCUT2D eigenvalue weighted by Crippen LogP contribution is -2.47. The Kier molecular flexibility index (Phi) is 6.16. The van der Waals surface area contributed by atoms with Gasteiger partial charge in [0.05, 0.1) is 6.42 Å². The van der Waals surface area contributed by atoms with E-state index in [2.05, 4.69) is 9.97 Å². The molecule has 1 aromatic carbocycles. The highest BCUT2D eigenvalue weighted by Crippen LogP contribution is 2.32. The first-order valence-corrected chi connectivity index (χ1v) is 12.1. The predicted octanol–water partition coefficient (Wildman–Crippen LogP) is 4.20. The Morgan fingerprint density at radius 2 is 1.76 bits per heavy atom. The summed E-state index contributed by atoms with van der Waals surface area (Å²) < 4.78 is 0. The molecule has 6 heteroatoms. The molecule has 2 saturated heterocycles. The molecule has 2 amide bonds. The highest BCUT2D eigenvalue weighted by atomic mass is 16.2. The zero-order valence-corrected chi connectivity index (χ0v) is 19.3. The number of pyridine rings is 1. The molecule has 0 saturated carbocycles. The molecule has 1 N–H and O–H groups in total. The van der Waals surface area contributed by atoms with E-state index in [4.69, 9.17) is 0 Å². The van der Waals surface area contributed by atoms with Gasteiger partial charge in [0.25, 0.3) is 5.91 Å². The van der Waals surface area contributed by atoms with Crippen molar-refractivity contribution in [3.8, 4) is 0 Å². The Labute approximate surface area is 195 Å². The number of hydrogen-bond acceptors (Lipinski definition) is 3. The second-order valence-corrected chi connectivity index (χ2v) is 9.72. The normalized spacial score (nSPS) is 21.4. The van der Waals surface area contributed by atoms with Crippen LogP contribution in [0.3, 0.4) is 0 Å². The third-order valence-electron chi connectivity index (χ3n) is 7.31. The van der Waals surface area contributed by atoms with Gasteiger partial charge in [0.2, 0.25) is 5.91 Å². The van der Waals surface area contributed by atoms with E-state index in [1.54, 1.807) is 6.20 Å². The number of hydrogen-bond donors (Lipinski definition) is 1. The van der Waals surface area contributed by atoms with Crippen LogP contribution in [0.15, 0.2) is 48.9 Å². The van der Waals surface area contributed by atoms with Crippen molar-refractivity contribution in [3.63, 3.8) is 0 Å². The second-order valence-electron chi connectivity index (χ2n) is 9.72. The van der Waals surface area contributed by atoms with Crippen LogP contribution >= 0.6 is 0 Å². The Bertz CT molecular complexity index is 1150. The number of nitrogens with one attached hydrogen (secondary N) is 1. The maximum atomic E-state index is 13.2. The molecule has 4 heterocycles. The van der Waals surface area contributed by atoms with Crippen molar-refractivity contribution < 1.29 is 9.59 Å². The van der Waals surface area contributed by atoms with Crippen LogP contribution in [0.25, 0.3) is 10.9 Å². The van der Waals surface area contributed by atoms with Gasteiger partial charge in [0.15, 0.2) is 0 Å². The van der Waals surface area contributed by atoms with Gasteiger partial charge in [0.1, 0.15) is 0 Å². The Balaban J connectivity index is 1.22. The van der Waals surface area contributed by atoms with Crippen molar-refractivity contribution in [1.29, 1.82) is 0 Å². The summed E-state index contributed by atoms with van der Waals surface area (Å²) in [5, 5.41) is 1.07. The van der Waals surface area contributed by atoms with E-state index >= 15 is 0 Å². The van der Waals surface area contributed by atoms with Gasteiger partial charge in [-0.15, -0.1) is 0 Å². The number of amides is 2. The standard InChI is InChI=1S/C27H32N4O2/c1-19-12-20(16-28-15-19)13-26(32)30-10-2-4-23(17-30)24-5-3-11-31(18-24)27(33)22-6-7-25-21(14-22)8-9-29-25/h6-9,12,14-16,23-24,29H,2-5,10-11,13,17-18H2,1H3. The van der Waals surface area contributed by atoms with E-state index in [1.165, 1.54) is 0 Å². The molecular formula is C27H32N4O2. The minimum atomic E-state index is 0.124. The lowest BCUT2D eigenvalue weighted by molar-refractivity contribution is -0.132. The molecule has 0 radical (unpaired) electrons. The highest BCUT2D eigenvalue weighted by Gasteiger charge is 2.33. The van der Waals surface area contributed by atoms with Crippen LogP contribution in [0.4, 0.5) is 0 Å². The number of H-pyrrole nitrogens is 1. The van der Waals surface area contributed by atoms with Gasteiger partial charge >= 0.3 is 0 Å². The molecule has 5 rings (SSSR count). The average Bonchev–Trinajstić information content (AvgIpc) is 3.32. The lowest BCUT2D eigenvalue weighted by atomic mass is 9.80. The fourth-order valence-electron chi connectivity index (χ4n) is 5.57. The van der Waals surface area contributed by atoms with Crippen LogP contribution in [0.2, 0.25) is 0 Å². The number of aromatic amines is 1. The molecule has 2 aliphatic heterocycles. The predicted molar refractivity (Wildman–Crippen MR) is 129 cm³/mol. The first kappa shape index (κ1) is 21.7. The first-order valence-electron chi connectivity index (χ1n) is 12.1. The zero-order chi connectivity index (χ0) is 22.8. The van der Waals surface area contributed by atoms with Gasteiger partial charge in [-0.1, -0.05) is 6.07 Å². The van der Waals surface area contributed by atoms with Crippen LogP contribution in [-0.4, -0.2) is 57.8 Å². The summed E-state index contributed by atoms with van der Waals surface area (Å²) in [5.41, 5.74) is 3.88. The van der Waals surface area contributed by atoms with Gasteiger partial charge < -0.3 is 14.8 Å². The van der Waals surface area contributed by atoms with Crippen LogP contribution in [0, 0.1) is 18.8 Å². The van der Waals surface area contributed by atoms with Gasteiger partial charge in [-0.3, -0.25) is 14.6 Å². The number of aromatic nitrogens is 2. The van der Waals surface area contributed by atoms with Gasteiger partial charge in [-0.25, -0.2) is 0 Å². The minimum absolute atomic E-state index is 0.124. The summed E-state index contributed by atoms with van der Waals surface area (Å²) in [5.74, 6) is 1.23. The molecule has 2 atom stereocenters. The van der Waals surface area contributed by atoms with E-state index < -0.39 is 0 Å². The maximum Gasteiger partial charge on any atom is 0.253 e. The number of fused-ring (bicyclic) bond motifs is 1. The van der Waals surface area contributed by atoms with E-state index in [0.29, 0.717) is 18.3 Å². The highest BCUT2D eigenvalue weighted by molar-refractivity contribution is 5.98. The van der Waals surface area contributed by atoms with Crippen LogP contribution in [-0.2, 0) is 11.2 Å². The number of rotatable bonds is 4. The first-order chi connectivity index (χ1) is 16.1. The van der Waals surface area contributed by atoms with Gasteiger partial charge in [-0.2, -0.15) is 0 Å². The Morgan fingerprint density at radius 1 is 1.00 bits per heavy atom. The molecule has 3 aromatic rings. The van der Waals surface area contributed by atoms with Crippen LogP contribution < -0.4 is 0 Å². The fraction of sp³-hybridized carbons (Fsp3) is 0.444. The number of likely N-dealkylation sites (tertiary alicyclic amines) is 2. The molecule has 2 unspecified atom stereocenters. The second kappa shape index (κ2) is 9.38.